The molecule has 0 atom stereocenters. The summed E-state index contributed by atoms with van der Waals surface area (Å²) in [4.78, 5) is 16.6. The highest BCUT2D eigenvalue weighted by atomic mass is 32.1. The molecule has 1 aromatic heterocycles. The standard InChI is InChI=1S/C13H14N4O2S/c1-3-11-16-17-13(20-11)15-12(18)10-6-4-9(5-7-10)8-14-19-2/h4-8H,3H2,1-2H3,(H,15,17,18)/b14-8+. The van der Waals surface area contributed by atoms with Gasteiger partial charge in [-0.25, -0.2) is 0 Å². The summed E-state index contributed by atoms with van der Waals surface area (Å²) >= 11 is 1.38. The Balaban J connectivity index is 2.03. The normalized spacial score (nSPS) is 10.7. The average Bonchev–Trinajstić information content (AvgIpc) is 2.93. The van der Waals surface area contributed by atoms with Crippen molar-refractivity contribution < 1.29 is 9.63 Å². The lowest BCUT2D eigenvalue weighted by molar-refractivity contribution is 0.102. The number of aryl methyl sites for hydroxylation is 1. The lowest BCUT2D eigenvalue weighted by Crippen LogP contribution is -2.11. The van der Waals surface area contributed by atoms with Crippen LogP contribution in [0.3, 0.4) is 0 Å². The molecule has 6 nitrogen and oxygen atoms in total. The number of oxime groups is 1. The number of anilines is 1. The van der Waals surface area contributed by atoms with Gasteiger partial charge in [-0.1, -0.05) is 35.5 Å². The van der Waals surface area contributed by atoms with Crippen LogP contribution in [-0.4, -0.2) is 29.4 Å². The van der Waals surface area contributed by atoms with Crippen molar-refractivity contribution in [3.63, 3.8) is 0 Å². The molecule has 0 aliphatic carbocycles. The molecular weight excluding hydrogens is 276 g/mol. The van der Waals surface area contributed by atoms with Crippen molar-refractivity contribution in [1.82, 2.24) is 10.2 Å². The van der Waals surface area contributed by atoms with Crippen molar-refractivity contribution in [1.29, 1.82) is 0 Å². The summed E-state index contributed by atoms with van der Waals surface area (Å²) in [5.74, 6) is -0.209. The summed E-state index contributed by atoms with van der Waals surface area (Å²) < 4.78 is 0. The van der Waals surface area contributed by atoms with Gasteiger partial charge in [0.15, 0.2) is 0 Å². The van der Waals surface area contributed by atoms with E-state index < -0.39 is 0 Å². The zero-order valence-corrected chi connectivity index (χ0v) is 12.0. The van der Waals surface area contributed by atoms with Crippen LogP contribution in [0.1, 0.15) is 27.9 Å². The SMILES string of the molecule is CCc1nnc(NC(=O)c2ccc(/C=N/OC)cc2)s1. The van der Waals surface area contributed by atoms with Gasteiger partial charge in [-0.2, -0.15) is 0 Å². The largest absolute Gasteiger partial charge is 0.399 e. The minimum Gasteiger partial charge on any atom is -0.399 e. The van der Waals surface area contributed by atoms with Gasteiger partial charge in [0.1, 0.15) is 12.1 Å². The van der Waals surface area contributed by atoms with Crippen molar-refractivity contribution in [2.24, 2.45) is 5.16 Å². The first kappa shape index (κ1) is 14.1. The van der Waals surface area contributed by atoms with Crippen LogP contribution in [0.15, 0.2) is 29.4 Å². The van der Waals surface area contributed by atoms with Crippen molar-refractivity contribution in [2.45, 2.75) is 13.3 Å². The maximum absolute atomic E-state index is 12.0. The van der Waals surface area contributed by atoms with Crippen molar-refractivity contribution in [3.8, 4) is 0 Å². The second-order valence-corrected chi connectivity index (χ2v) is 4.91. The first-order chi connectivity index (χ1) is 9.72. The number of rotatable bonds is 5. The second kappa shape index (κ2) is 6.76. The molecule has 0 spiro atoms. The summed E-state index contributed by atoms with van der Waals surface area (Å²) in [7, 11) is 1.48. The van der Waals surface area contributed by atoms with E-state index in [9.17, 15) is 4.79 Å². The third-order valence-electron chi connectivity index (χ3n) is 2.47. The summed E-state index contributed by atoms with van der Waals surface area (Å²) in [5.41, 5.74) is 1.40. The third kappa shape index (κ3) is 3.61. The maximum Gasteiger partial charge on any atom is 0.257 e. The highest BCUT2D eigenvalue weighted by molar-refractivity contribution is 7.15. The van der Waals surface area contributed by atoms with Gasteiger partial charge in [-0.15, -0.1) is 10.2 Å². The second-order valence-electron chi connectivity index (χ2n) is 3.85. The number of amides is 1. The zero-order valence-electron chi connectivity index (χ0n) is 11.2. The van der Waals surface area contributed by atoms with Gasteiger partial charge < -0.3 is 4.84 Å². The van der Waals surface area contributed by atoms with Crippen LogP contribution in [-0.2, 0) is 11.3 Å². The Kier molecular flexibility index (Phi) is 4.78. The van der Waals surface area contributed by atoms with E-state index in [1.54, 1.807) is 30.5 Å². The fraction of sp³-hybridized carbons (Fsp3) is 0.231. The van der Waals surface area contributed by atoms with Gasteiger partial charge in [-0.3, -0.25) is 10.1 Å². The molecule has 0 bridgehead atoms. The molecule has 1 amide bonds. The van der Waals surface area contributed by atoms with E-state index >= 15 is 0 Å². The van der Waals surface area contributed by atoms with Crippen LogP contribution in [0.4, 0.5) is 5.13 Å². The number of hydrogen-bond acceptors (Lipinski definition) is 6. The molecule has 0 aliphatic rings. The van der Waals surface area contributed by atoms with Crippen LogP contribution in [0, 0.1) is 0 Å². The van der Waals surface area contributed by atoms with Crippen molar-refractivity contribution in [3.05, 3.63) is 40.4 Å². The Morgan fingerprint density at radius 2 is 2.15 bits per heavy atom. The molecule has 20 heavy (non-hydrogen) atoms. The van der Waals surface area contributed by atoms with E-state index in [-0.39, 0.29) is 5.91 Å². The van der Waals surface area contributed by atoms with E-state index in [2.05, 4.69) is 25.5 Å². The molecular formula is C13H14N4O2S. The van der Waals surface area contributed by atoms with E-state index in [4.69, 9.17) is 0 Å². The molecule has 0 fully saturated rings. The Labute approximate surface area is 120 Å². The number of benzene rings is 1. The quantitative estimate of drug-likeness (QED) is 0.677. The average molecular weight is 290 g/mol. The van der Waals surface area contributed by atoms with Crippen LogP contribution in [0.5, 0.6) is 0 Å². The number of nitrogens with zero attached hydrogens (tertiary/aromatic N) is 3. The first-order valence-electron chi connectivity index (χ1n) is 6.03. The molecule has 7 heteroatoms. The highest BCUT2D eigenvalue weighted by Crippen LogP contribution is 2.16. The van der Waals surface area contributed by atoms with Crippen LogP contribution >= 0.6 is 11.3 Å². The molecule has 1 N–H and O–H groups in total. The van der Waals surface area contributed by atoms with Crippen LogP contribution in [0.25, 0.3) is 0 Å². The minimum absolute atomic E-state index is 0.209. The van der Waals surface area contributed by atoms with Crippen LogP contribution < -0.4 is 5.32 Å². The van der Waals surface area contributed by atoms with E-state index in [0.717, 1.165) is 17.0 Å². The van der Waals surface area contributed by atoms with Gasteiger partial charge in [0.05, 0.1) is 6.21 Å². The Morgan fingerprint density at radius 3 is 2.75 bits per heavy atom. The van der Waals surface area contributed by atoms with Gasteiger partial charge in [0.2, 0.25) is 5.13 Å². The molecule has 2 rings (SSSR count). The van der Waals surface area contributed by atoms with E-state index in [0.29, 0.717) is 10.7 Å². The Hall–Kier alpha value is -2.28. The summed E-state index contributed by atoms with van der Waals surface area (Å²) in [6, 6.07) is 7.01. The van der Waals surface area contributed by atoms with Gasteiger partial charge in [0.25, 0.3) is 5.91 Å². The summed E-state index contributed by atoms with van der Waals surface area (Å²) in [5, 5.41) is 15.6. The molecule has 2 aromatic rings. The number of carbonyl (C=O) groups excluding carboxylic acids is 1. The fourth-order valence-corrected chi connectivity index (χ4v) is 2.12. The maximum atomic E-state index is 12.0. The van der Waals surface area contributed by atoms with Gasteiger partial charge in [0, 0.05) is 5.56 Å². The first-order valence-corrected chi connectivity index (χ1v) is 6.85. The molecule has 104 valence electrons. The lowest BCUT2D eigenvalue weighted by atomic mass is 10.1. The lowest BCUT2D eigenvalue weighted by Gasteiger charge is -2.01. The smallest absolute Gasteiger partial charge is 0.257 e. The molecule has 1 heterocycles. The number of nitrogens with one attached hydrogen (secondary N) is 1. The monoisotopic (exact) mass is 290 g/mol. The van der Waals surface area contributed by atoms with Crippen LogP contribution in [0.2, 0.25) is 0 Å². The van der Waals surface area contributed by atoms with E-state index in [1.165, 1.54) is 18.4 Å². The third-order valence-corrected chi connectivity index (χ3v) is 3.45. The molecule has 0 unspecified atom stereocenters. The number of aromatic nitrogens is 2. The highest BCUT2D eigenvalue weighted by Gasteiger charge is 2.09. The molecule has 0 saturated carbocycles. The number of hydrogen-bond donors (Lipinski definition) is 1. The predicted octanol–water partition coefficient (Wildman–Crippen LogP) is 2.33. The van der Waals surface area contributed by atoms with Gasteiger partial charge >= 0.3 is 0 Å². The Bertz CT molecular complexity index is 607. The molecule has 0 aliphatic heterocycles. The number of carbonyl (C=O) groups is 1. The Morgan fingerprint density at radius 1 is 1.40 bits per heavy atom. The van der Waals surface area contributed by atoms with Crippen molar-refractivity contribution in [2.75, 3.05) is 12.4 Å². The topological polar surface area (TPSA) is 76.5 Å². The zero-order chi connectivity index (χ0) is 14.4. The summed E-state index contributed by atoms with van der Waals surface area (Å²) in [6.07, 6.45) is 2.38. The predicted molar refractivity (Wildman–Crippen MR) is 78.3 cm³/mol. The molecule has 0 saturated heterocycles. The summed E-state index contributed by atoms with van der Waals surface area (Å²) in [6.45, 7) is 1.99. The van der Waals surface area contributed by atoms with E-state index in [1.807, 2.05) is 6.92 Å². The molecule has 0 radical (unpaired) electrons. The molecule has 1 aromatic carbocycles. The van der Waals surface area contributed by atoms with Gasteiger partial charge in [-0.05, 0) is 24.1 Å². The van der Waals surface area contributed by atoms with Crippen molar-refractivity contribution >= 4 is 28.6 Å². The minimum atomic E-state index is -0.209. The fourth-order valence-electron chi connectivity index (χ4n) is 1.45.